The van der Waals surface area contributed by atoms with Crippen molar-refractivity contribution >= 4 is 91.6 Å². The molecule has 5 N–H and O–H groups in total. The standard InChI is InChI=1S/5C21H26N2O2.C4H10O.5ClH/c5*1-16-9-11-17(12-10-16)19(23-13-5-6-14-23)15-22-21(24)18-7-3-4-8-20(18)25-2;1-3-5-4-2;;;;;/h5*3-4,7-12,19H,5-6,13-15H2,1-2H3,(H,22,24);3-4H2,1-2H3;5*1H. The van der Waals surface area contributed by atoms with Gasteiger partial charge in [-0.05, 0) is 267 Å². The van der Waals surface area contributed by atoms with Crippen LogP contribution in [0.1, 0.15) is 216 Å². The lowest BCUT2D eigenvalue weighted by Crippen LogP contribution is -2.36. The number of rotatable bonds is 32. The van der Waals surface area contributed by atoms with E-state index < -0.39 is 0 Å². The van der Waals surface area contributed by atoms with Gasteiger partial charge in [0.05, 0.1) is 93.6 Å². The van der Waals surface area contributed by atoms with Gasteiger partial charge in [0.15, 0.2) is 0 Å². The van der Waals surface area contributed by atoms with Crippen LogP contribution in [0.25, 0.3) is 0 Å². The Morgan fingerprint density at radius 3 is 0.504 bits per heavy atom. The van der Waals surface area contributed by atoms with Crippen LogP contribution in [0.3, 0.4) is 0 Å². The predicted octanol–water partition coefficient (Wildman–Crippen LogP) is 21.0. The molecule has 732 valence electrons. The van der Waals surface area contributed by atoms with Crippen molar-refractivity contribution in [3.63, 3.8) is 0 Å². The normalized spacial score (nSPS) is 14.9. The Morgan fingerprint density at radius 1 is 0.237 bits per heavy atom. The topological polar surface area (TPSA) is 217 Å². The molecule has 5 saturated heterocycles. The summed E-state index contributed by atoms with van der Waals surface area (Å²) in [6.07, 6.45) is 12.3. The summed E-state index contributed by atoms with van der Waals surface area (Å²) < 4.78 is 31.3. The lowest BCUT2D eigenvalue weighted by atomic mass is 10.0. The van der Waals surface area contributed by atoms with Gasteiger partial charge >= 0.3 is 0 Å². The Kier molecular flexibility index (Phi) is 53.4. The molecule has 0 saturated carbocycles. The van der Waals surface area contributed by atoms with E-state index in [0.29, 0.717) is 89.3 Å². The molecule has 10 aromatic rings. The van der Waals surface area contributed by atoms with Gasteiger partial charge in [-0.1, -0.05) is 210 Å². The van der Waals surface area contributed by atoms with Crippen LogP contribution in [0.5, 0.6) is 28.7 Å². The van der Waals surface area contributed by atoms with Gasteiger partial charge < -0.3 is 55.0 Å². The number of para-hydroxylation sites is 5. The predicted molar refractivity (Wildman–Crippen MR) is 559 cm³/mol. The van der Waals surface area contributed by atoms with Crippen molar-refractivity contribution in [3.8, 4) is 28.7 Å². The third kappa shape index (κ3) is 35.7. The molecule has 26 heteroatoms. The molecule has 5 atom stereocenters. The highest BCUT2D eigenvalue weighted by Gasteiger charge is 2.31. The second kappa shape index (κ2) is 62.5. The molecule has 10 aromatic carbocycles. The molecule has 135 heavy (non-hydrogen) atoms. The van der Waals surface area contributed by atoms with E-state index in [2.05, 4.69) is 207 Å². The molecular formula is C109H145Cl5N10O11. The number of likely N-dealkylation sites (tertiary alicyclic amines) is 5. The fourth-order valence-electron chi connectivity index (χ4n) is 17.3. The Labute approximate surface area is 834 Å². The van der Waals surface area contributed by atoms with Gasteiger partial charge in [0.1, 0.15) is 28.7 Å². The minimum absolute atomic E-state index is 0. The Balaban J connectivity index is 0.000000291. The summed E-state index contributed by atoms with van der Waals surface area (Å²) >= 11 is 0. The van der Waals surface area contributed by atoms with Gasteiger partial charge in [-0.25, -0.2) is 0 Å². The lowest BCUT2D eigenvalue weighted by Gasteiger charge is -2.28. The van der Waals surface area contributed by atoms with Gasteiger partial charge in [0.2, 0.25) is 0 Å². The average molecular weight is 1950 g/mol. The molecule has 5 heterocycles. The van der Waals surface area contributed by atoms with Crippen molar-refractivity contribution in [1.82, 2.24) is 51.1 Å². The van der Waals surface area contributed by atoms with Crippen molar-refractivity contribution in [2.75, 3.05) is 147 Å². The highest BCUT2D eigenvalue weighted by Crippen LogP contribution is 2.33. The van der Waals surface area contributed by atoms with Crippen LogP contribution in [0.2, 0.25) is 0 Å². The van der Waals surface area contributed by atoms with Gasteiger partial charge in [-0.15, -0.1) is 62.0 Å². The molecule has 5 aliphatic heterocycles. The van der Waals surface area contributed by atoms with E-state index in [1.807, 2.05) is 105 Å². The monoisotopic (exact) mass is 1940 g/mol. The highest BCUT2D eigenvalue weighted by molar-refractivity contribution is 5.99. The summed E-state index contributed by atoms with van der Waals surface area (Å²) in [6, 6.07) is 80.9. The number of carbonyl (C=O) groups excluding carboxylic acids is 5. The smallest absolute Gasteiger partial charge is 0.255 e. The van der Waals surface area contributed by atoms with Crippen molar-refractivity contribution in [2.45, 2.75) is 143 Å². The van der Waals surface area contributed by atoms with Crippen molar-refractivity contribution < 1.29 is 52.4 Å². The van der Waals surface area contributed by atoms with Crippen LogP contribution in [-0.2, 0) is 4.74 Å². The third-order valence-corrected chi connectivity index (χ3v) is 24.7. The number of carbonyl (C=O) groups is 5. The molecule has 15 rings (SSSR count). The molecule has 0 bridgehead atoms. The van der Waals surface area contributed by atoms with E-state index in [9.17, 15) is 24.0 Å². The quantitative estimate of drug-likeness (QED) is 0.0265. The van der Waals surface area contributed by atoms with E-state index in [-0.39, 0.29) is 122 Å². The molecule has 0 spiro atoms. The first kappa shape index (κ1) is 115. The summed E-state index contributed by atoms with van der Waals surface area (Å²) in [5.41, 5.74) is 15.4. The number of ether oxygens (including phenoxy) is 6. The SMILES string of the molecule is CCOCC.COc1ccccc1C(=O)NCC(c1ccc(C)cc1)N1CCCC1.COc1ccccc1C(=O)NCC(c1ccc(C)cc1)N1CCCC1.COc1ccccc1C(=O)NCC(c1ccc(C)cc1)N1CCCC1.COc1ccccc1C(=O)NCC(c1ccc(C)cc1)N1CCCC1.COc1ccccc1C(=O)NCC(c1ccc(C)cc1)N1CCCC1.Cl.Cl.Cl.Cl.Cl. The zero-order valence-electron chi connectivity index (χ0n) is 80.8. The summed E-state index contributed by atoms with van der Waals surface area (Å²) in [6.45, 7) is 30.0. The minimum atomic E-state index is -0.0891. The second-order valence-electron chi connectivity index (χ2n) is 33.7. The number of nitrogens with zero attached hydrogens (tertiary/aromatic N) is 5. The molecule has 5 unspecified atom stereocenters. The maximum atomic E-state index is 12.6. The van der Waals surface area contributed by atoms with Gasteiger partial charge in [-0.2, -0.15) is 0 Å². The number of nitrogens with one attached hydrogen (secondary N) is 5. The van der Waals surface area contributed by atoms with Crippen LogP contribution < -0.4 is 50.3 Å². The van der Waals surface area contributed by atoms with E-state index in [1.54, 1.807) is 65.9 Å². The first-order valence-corrected chi connectivity index (χ1v) is 46.5. The third-order valence-electron chi connectivity index (χ3n) is 24.7. The van der Waals surface area contributed by atoms with Crippen LogP contribution in [0.4, 0.5) is 0 Å². The summed E-state index contributed by atoms with van der Waals surface area (Å²) in [4.78, 5) is 75.4. The Hall–Kier alpha value is -10.2. The number of amides is 5. The maximum absolute atomic E-state index is 12.6. The first-order valence-electron chi connectivity index (χ1n) is 46.5. The summed E-state index contributed by atoms with van der Waals surface area (Å²) in [5.74, 6) is 2.58. The fraction of sp³-hybridized carbons (Fsp3) is 0.404. The summed E-state index contributed by atoms with van der Waals surface area (Å²) in [5, 5.41) is 15.5. The number of hydrogen-bond acceptors (Lipinski definition) is 16. The Bertz CT molecular complexity index is 4350. The zero-order valence-corrected chi connectivity index (χ0v) is 84.9. The van der Waals surface area contributed by atoms with Crippen LogP contribution in [0.15, 0.2) is 243 Å². The largest absolute Gasteiger partial charge is 0.496 e. The van der Waals surface area contributed by atoms with Gasteiger partial charge in [0.25, 0.3) is 29.5 Å². The van der Waals surface area contributed by atoms with Crippen LogP contribution in [-0.4, -0.2) is 201 Å². The number of hydrogen-bond donors (Lipinski definition) is 5. The zero-order chi connectivity index (χ0) is 92.4. The fourth-order valence-corrected chi connectivity index (χ4v) is 17.3. The second-order valence-corrected chi connectivity index (χ2v) is 33.7. The number of methoxy groups -OCH3 is 5. The number of benzene rings is 10. The van der Waals surface area contributed by atoms with E-state index >= 15 is 0 Å². The first-order chi connectivity index (χ1) is 63.3. The maximum Gasteiger partial charge on any atom is 0.255 e. The molecule has 5 fully saturated rings. The lowest BCUT2D eigenvalue weighted by molar-refractivity contribution is 0.0926. The van der Waals surface area contributed by atoms with Crippen molar-refractivity contribution in [2.24, 2.45) is 0 Å². The van der Waals surface area contributed by atoms with Crippen molar-refractivity contribution in [1.29, 1.82) is 0 Å². The minimum Gasteiger partial charge on any atom is -0.496 e. The summed E-state index contributed by atoms with van der Waals surface area (Å²) in [7, 11) is 7.94. The van der Waals surface area contributed by atoms with E-state index in [0.717, 1.165) is 78.7 Å². The number of halogens is 5. The molecule has 0 radical (unpaired) electrons. The van der Waals surface area contributed by atoms with Crippen molar-refractivity contribution in [3.05, 3.63) is 326 Å². The van der Waals surface area contributed by atoms with E-state index in [4.69, 9.17) is 28.4 Å². The highest BCUT2D eigenvalue weighted by atomic mass is 35.5. The van der Waals surface area contributed by atoms with Crippen LogP contribution >= 0.6 is 62.0 Å². The van der Waals surface area contributed by atoms with Crippen LogP contribution in [0, 0.1) is 34.6 Å². The molecule has 0 aliphatic carbocycles. The van der Waals surface area contributed by atoms with E-state index in [1.165, 1.54) is 120 Å². The molecule has 5 aliphatic rings. The molecule has 0 aromatic heterocycles. The Morgan fingerprint density at radius 2 is 0.378 bits per heavy atom. The molecule has 21 nitrogen and oxygen atoms in total. The average Bonchev–Trinajstić information content (AvgIpc) is 1.76. The molecule has 5 amide bonds. The van der Waals surface area contributed by atoms with Gasteiger partial charge in [0, 0.05) is 45.9 Å². The molecular weight excluding hydrogens is 1800 g/mol. The number of aryl methyl sites for hydroxylation is 5. The van der Waals surface area contributed by atoms with Gasteiger partial charge in [-0.3, -0.25) is 48.5 Å².